The van der Waals surface area contributed by atoms with Crippen LogP contribution in [0.3, 0.4) is 0 Å². The van der Waals surface area contributed by atoms with Gasteiger partial charge in [0, 0.05) is 29.6 Å². The first kappa shape index (κ1) is 14.5. The van der Waals surface area contributed by atoms with Crippen molar-refractivity contribution in [1.29, 1.82) is 0 Å². The standard InChI is InChI=1S/C16H23BrN2O/c1-16(11-18,8-12-2-4-13(17)5-3-12)19-9-14-6-7-15(10-19)20-14/h2-5,14-15H,6-11,18H2,1H3. The molecule has 0 aromatic heterocycles. The molecule has 0 radical (unpaired) electrons. The first-order valence-corrected chi connectivity index (χ1v) is 8.23. The molecule has 3 atom stereocenters. The van der Waals surface area contributed by atoms with Crippen molar-refractivity contribution in [2.75, 3.05) is 19.6 Å². The molecule has 110 valence electrons. The van der Waals surface area contributed by atoms with E-state index in [1.54, 1.807) is 0 Å². The zero-order valence-corrected chi connectivity index (χ0v) is 13.6. The minimum absolute atomic E-state index is 0.0262. The van der Waals surface area contributed by atoms with E-state index in [0.717, 1.165) is 24.0 Å². The molecule has 2 aliphatic heterocycles. The van der Waals surface area contributed by atoms with Crippen molar-refractivity contribution >= 4 is 15.9 Å². The molecule has 20 heavy (non-hydrogen) atoms. The zero-order chi connectivity index (χ0) is 14.2. The van der Waals surface area contributed by atoms with E-state index in [1.807, 2.05) is 0 Å². The van der Waals surface area contributed by atoms with Crippen molar-refractivity contribution in [2.24, 2.45) is 5.73 Å². The molecular formula is C16H23BrN2O. The Kier molecular flexibility index (Phi) is 4.18. The highest BCUT2D eigenvalue weighted by Gasteiger charge is 2.41. The van der Waals surface area contributed by atoms with Crippen molar-refractivity contribution in [3.63, 3.8) is 0 Å². The molecule has 2 saturated heterocycles. The van der Waals surface area contributed by atoms with Crippen LogP contribution in [0.4, 0.5) is 0 Å². The smallest absolute Gasteiger partial charge is 0.0707 e. The number of morpholine rings is 1. The second-order valence-electron chi connectivity index (χ2n) is 6.37. The fourth-order valence-corrected chi connectivity index (χ4v) is 3.68. The monoisotopic (exact) mass is 338 g/mol. The van der Waals surface area contributed by atoms with E-state index in [2.05, 4.69) is 52.0 Å². The first-order chi connectivity index (χ1) is 9.59. The summed E-state index contributed by atoms with van der Waals surface area (Å²) in [5.74, 6) is 0. The predicted octanol–water partition coefficient (Wildman–Crippen LogP) is 2.57. The van der Waals surface area contributed by atoms with Gasteiger partial charge in [-0.15, -0.1) is 0 Å². The summed E-state index contributed by atoms with van der Waals surface area (Å²) in [4.78, 5) is 2.56. The molecule has 0 spiro atoms. The number of rotatable bonds is 4. The normalized spacial score (nSPS) is 29.4. The minimum atomic E-state index is 0.0262. The number of nitrogens with zero attached hydrogens (tertiary/aromatic N) is 1. The summed E-state index contributed by atoms with van der Waals surface area (Å²) in [7, 11) is 0. The molecule has 3 unspecified atom stereocenters. The number of hydrogen-bond acceptors (Lipinski definition) is 3. The molecule has 2 N–H and O–H groups in total. The van der Waals surface area contributed by atoms with Gasteiger partial charge in [-0.1, -0.05) is 28.1 Å². The van der Waals surface area contributed by atoms with Crippen LogP contribution in [-0.2, 0) is 11.2 Å². The lowest BCUT2D eigenvalue weighted by molar-refractivity contribution is -0.0726. The average Bonchev–Trinajstić information content (AvgIpc) is 2.79. The number of benzene rings is 1. The van der Waals surface area contributed by atoms with Gasteiger partial charge in [-0.05, 0) is 43.9 Å². The molecule has 2 heterocycles. The quantitative estimate of drug-likeness (QED) is 0.916. The molecule has 2 bridgehead atoms. The highest BCUT2D eigenvalue weighted by molar-refractivity contribution is 9.10. The van der Waals surface area contributed by atoms with Crippen LogP contribution in [0.2, 0.25) is 0 Å². The fraction of sp³-hybridized carbons (Fsp3) is 0.625. The maximum Gasteiger partial charge on any atom is 0.0707 e. The van der Waals surface area contributed by atoms with E-state index < -0.39 is 0 Å². The van der Waals surface area contributed by atoms with Gasteiger partial charge >= 0.3 is 0 Å². The molecule has 4 heteroatoms. The van der Waals surface area contributed by atoms with Gasteiger partial charge in [0.05, 0.1) is 12.2 Å². The number of nitrogens with two attached hydrogens (primary N) is 1. The van der Waals surface area contributed by atoms with E-state index in [4.69, 9.17) is 10.5 Å². The molecule has 1 aromatic rings. The van der Waals surface area contributed by atoms with Crippen LogP contribution in [-0.4, -0.2) is 42.3 Å². The van der Waals surface area contributed by atoms with Crippen LogP contribution in [0.15, 0.2) is 28.7 Å². The Hall–Kier alpha value is -0.420. The van der Waals surface area contributed by atoms with Gasteiger partial charge in [0.25, 0.3) is 0 Å². The molecule has 3 rings (SSSR count). The van der Waals surface area contributed by atoms with E-state index in [9.17, 15) is 0 Å². The van der Waals surface area contributed by atoms with Gasteiger partial charge < -0.3 is 10.5 Å². The second-order valence-corrected chi connectivity index (χ2v) is 7.28. The second kappa shape index (κ2) is 5.76. The summed E-state index contributed by atoms with van der Waals surface area (Å²) in [6.45, 7) is 5.03. The lowest BCUT2D eigenvalue weighted by Crippen LogP contribution is -2.59. The van der Waals surface area contributed by atoms with Crippen LogP contribution >= 0.6 is 15.9 Å². The number of halogens is 1. The predicted molar refractivity (Wildman–Crippen MR) is 84.8 cm³/mol. The maximum atomic E-state index is 6.14. The highest BCUT2D eigenvalue weighted by atomic mass is 79.9. The van der Waals surface area contributed by atoms with Crippen molar-refractivity contribution in [3.05, 3.63) is 34.3 Å². The van der Waals surface area contributed by atoms with Gasteiger partial charge in [0.15, 0.2) is 0 Å². The van der Waals surface area contributed by atoms with E-state index >= 15 is 0 Å². The van der Waals surface area contributed by atoms with Gasteiger partial charge in [-0.25, -0.2) is 0 Å². The Balaban J connectivity index is 1.74. The van der Waals surface area contributed by atoms with Gasteiger partial charge in [-0.3, -0.25) is 4.90 Å². The Morgan fingerprint density at radius 1 is 1.25 bits per heavy atom. The maximum absolute atomic E-state index is 6.14. The van der Waals surface area contributed by atoms with Crippen LogP contribution in [0, 0.1) is 0 Å². The molecular weight excluding hydrogens is 316 g/mol. The van der Waals surface area contributed by atoms with Gasteiger partial charge in [-0.2, -0.15) is 0 Å². The SMILES string of the molecule is CC(CN)(Cc1ccc(Br)cc1)N1CC2CCC(C1)O2. The van der Waals surface area contributed by atoms with E-state index in [0.29, 0.717) is 18.8 Å². The first-order valence-electron chi connectivity index (χ1n) is 7.44. The van der Waals surface area contributed by atoms with Crippen molar-refractivity contribution < 1.29 is 4.74 Å². The largest absolute Gasteiger partial charge is 0.372 e. The van der Waals surface area contributed by atoms with Crippen LogP contribution in [0.1, 0.15) is 25.3 Å². The Labute approximate surface area is 129 Å². The third-order valence-corrected chi connectivity index (χ3v) is 5.27. The summed E-state index contributed by atoms with van der Waals surface area (Å²) < 4.78 is 7.07. The zero-order valence-electron chi connectivity index (χ0n) is 12.0. The highest BCUT2D eigenvalue weighted by Crippen LogP contribution is 2.31. The van der Waals surface area contributed by atoms with Crippen LogP contribution in [0.5, 0.6) is 0 Å². The third-order valence-electron chi connectivity index (χ3n) is 4.74. The molecule has 1 aromatic carbocycles. The number of fused-ring (bicyclic) bond motifs is 2. The van der Waals surface area contributed by atoms with Crippen molar-refractivity contribution in [1.82, 2.24) is 4.90 Å². The Morgan fingerprint density at radius 2 is 1.85 bits per heavy atom. The number of ether oxygens (including phenoxy) is 1. The average molecular weight is 339 g/mol. The topological polar surface area (TPSA) is 38.5 Å². The molecule has 0 aliphatic carbocycles. The molecule has 0 amide bonds. The van der Waals surface area contributed by atoms with Crippen molar-refractivity contribution in [2.45, 2.75) is 43.9 Å². The summed E-state index contributed by atoms with van der Waals surface area (Å²) in [5.41, 5.74) is 7.51. The summed E-state index contributed by atoms with van der Waals surface area (Å²) >= 11 is 3.49. The van der Waals surface area contributed by atoms with Gasteiger partial charge in [0.1, 0.15) is 0 Å². The van der Waals surface area contributed by atoms with E-state index in [1.165, 1.54) is 18.4 Å². The molecule has 2 aliphatic rings. The summed E-state index contributed by atoms with van der Waals surface area (Å²) in [5, 5.41) is 0. The molecule has 2 fully saturated rings. The Bertz CT molecular complexity index is 452. The van der Waals surface area contributed by atoms with Crippen LogP contribution < -0.4 is 5.73 Å². The Morgan fingerprint density at radius 3 is 2.40 bits per heavy atom. The fourth-order valence-electron chi connectivity index (χ4n) is 3.41. The third kappa shape index (κ3) is 2.93. The number of likely N-dealkylation sites (tertiary alicyclic amines) is 1. The summed E-state index contributed by atoms with van der Waals surface area (Å²) in [6, 6.07) is 8.59. The molecule has 0 saturated carbocycles. The lowest BCUT2D eigenvalue weighted by atomic mass is 9.90. The van der Waals surface area contributed by atoms with E-state index in [-0.39, 0.29) is 5.54 Å². The minimum Gasteiger partial charge on any atom is -0.372 e. The van der Waals surface area contributed by atoms with Gasteiger partial charge in [0.2, 0.25) is 0 Å². The lowest BCUT2D eigenvalue weighted by Gasteiger charge is -2.45. The van der Waals surface area contributed by atoms with Crippen LogP contribution in [0.25, 0.3) is 0 Å². The summed E-state index contributed by atoms with van der Waals surface area (Å²) in [6.07, 6.45) is 4.25. The number of hydrogen-bond donors (Lipinski definition) is 1. The molecule has 3 nitrogen and oxygen atoms in total. The van der Waals surface area contributed by atoms with Crippen molar-refractivity contribution in [3.8, 4) is 0 Å².